The van der Waals surface area contributed by atoms with Gasteiger partial charge in [-0.3, -0.25) is 4.98 Å². The molecule has 0 fully saturated rings. The molecule has 0 amide bonds. The minimum atomic E-state index is 0.828. The molecule has 5 heteroatoms. The van der Waals surface area contributed by atoms with E-state index in [4.69, 9.17) is 14.5 Å². The number of aromatic nitrogens is 2. The lowest BCUT2D eigenvalue weighted by Gasteiger charge is -2.05. The molecule has 27 heavy (non-hydrogen) atoms. The predicted octanol–water partition coefficient (Wildman–Crippen LogP) is 5.56. The van der Waals surface area contributed by atoms with Crippen molar-refractivity contribution in [2.45, 2.75) is 0 Å². The number of thiazole rings is 1. The van der Waals surface area contributed by atoms with Crippen LogP contribution in [0.4, 0.5) is 0 Å². The summed E-state index contributed by atoms with van der Waals surface area (Å²) in [6.07, 6.45) is 3.58. The van der Waals surface area contributed by atoms with Crippen LogP contribution in [0.5, 0.6) is 11.5 Å². The zero-order chi connectivity index (χ0) is 18.6. The summed E-state index contributed by atoms with van der Waals surface area (Å²) < 4.78 is 10.6. The summed E-state index contributed by atoms with van der Waals surface area (Å²) in [7, 11) is 3.34. The minimum absolute atomic E-state index is 0.828. The van der Waals surface area contributed by atoms with Crippen LogP contribution in [-0.4, -0.2) is 24.2 Å². The summed E-state index contributed by atoms with van der Waals surface area (Å²) in [6, 6.07) is 20.0. The molecule has 4 aromatic rings. The highest BCUT2D eigenvalue weighted by molar-refractivity contribution is 7.19. The van der Waals surface area contributed by atoms with Crippen molar-refractivity contribution in [3.63, 3.8) is 0 Å². The maximum absolute atomic E-state index is 5.29. The summed E-state index contributed by atoms with van der Waals surface area (Å²) in [4.78, 5) is 10.2. The van der Waals surface area contributed by atoms with E-state index in [-0.39, 0.29) is 0 Å². The zero-order valence-corrected chi connectivity index (χ0v) is 15.9. The lowest BCUT2D eigenvalue weighted by Crippen LogP contribution is -1.86. The van der Waals surface area contributed by atoms with Gasteiger partial charge in [-0.1, -0.05) is 0 Å². The van der Waals surface area contributed by atoms with Gasteiger partial charge in [0.15, 0.2) is 0 Å². The summed E-state index contributed by atoms with van der Waals surface area (Å²) >= 11 is 1.67. The Kier molecular flexibility index (Phi) is 4.85. The fraction of sp³-hybridized carbons (Fsp3) is 0.0909. The highest BCUT2D eigenvalue weighted by atomic mass is 32.1. The highest BCUT2D eigenvalue weighted by Crippen LogP contribution is 2.41. The number of ether oxygens (including phenoxy) is 2. The van der Waals surface area contributed by atoms with Crippen molar-refractivity contribution in [3.05, 3.63) is 73.1 Å². The standard InChI is InChI=1S/C22H18N2O2S/c1-25-18-7-3-15(4-8-18)20-21(16-5-9-19(26-2)10-6-16)27-22(24-20)17-11-13-23-14-12-17/h3-14H,1-2H3. The van der Waals surface area contributed by atoms with Crippen LogP contribution < -0.4 is 9.47 Å². The van der Waals surface area contributed by atoms with Crippen LogP contribution in [0.15, 0.2) is 73.1 Å². The van der Waals surface area contributed by atoms with Crippen molar-refractivity contribution in [3.8, 4) is 43.8 Å². The first kappa shape index (κ1) is 17.2. The molecule has 0 N–H and O–H groups in total. The zero-order valence-electron chi connectivity index (χ0n) is 15.0. The van der Waals surface area contributed by atoms with Gasteiger partial charge in [0.25, 0.3) is 0 Å². The van der Waals surface area contributed by atoms with Gasteiger partial charge in [0.05, 0.1) is 24.8 Å². The average Bonchev–Trinajstić information content (AvgIpc) is 3.20. The lowest BCUT2D eigenvalue weighted by atomic mass is 10.1. The monoisotopic (exact) mass is 374 g/mol. The van der Waals surface area contributed by atoms with Crippen molar-refractivity contribution in [1.82, 2.24) is 9.97 Å². The molecule has 0 aliphatic carbocycles. The Morgan fingerprint density at radius 2 is 1.22 bits per heavy atom. The minimum Gasteiger partial charge on any atom is -0.497 e. The molecule has 134 valence electrons. The highest BCUT2D eigenvalue weighted by Gasteiger charge is 2.16. The van der Waals surface area contributed by atoms with Gasteiger partial charge in [0.2, 0.25) is 0 Å². The third-order valence-electron chi connectivity index (χ3n) is 4.27. The second-order valence-electron chi connectivity index (χ2n) is 5.89. The first-order valence-corrected chi connectivity index (χ1v) is 9.30. The Balaban J connectivity index is 1.85. The van der Waals surface area contributed by atoms with Gasteiger partial charge in [-0.25, -0.2) is 4.98 Å². The summed E-state index contributed by atoms with van der Waals surface area (Å²) in [5.74, 6) is 1.66. The molecule has 0 aliphatic heterocycles. The second-order valence-corrected chi connectivity index (χ2v) is 6.89. The third kappa shape index (κ3) is 3.55. The molecular formula is C22H18N2O2S. The molecule has 0 saturated carbocycles. The molecule has 0 unspecified atom stereocenters. The van der Waals surface area contributed by atoms with Crippen LogP contribution >= 0.6 is 11.3 Å². The number of hydrogen-bond acceptors (Lipinski definition) is 5. The molecule has 0 spiro atoms. The van der Waals surface area contributed by atoms with E-state index in [9.17, 15) is 0 Å². The molecule has 4 nitrogen and oxygen atoms in total. The van der Waals surface area contributed by atoms with Crippen LogP contribution in [0, 0.1) is 0 Å². The van der Waals surface area contributed by atoms with Gasteiger partial charge in [0.1, 0.15) is 16.5 Å². The average molecular weight is 374 g/mol. The fourth-order valence-electron chi connectivity index (χ4n) is 2.82. The normalized spacial score (nSPS) is 10.6. The molecular weight excluding hydrogens is 356 g/mol. The van der Waals surface area contributed by atoms with Gasteiger partial charge in [0, 0.05) is 23.5 Å². The van der Waals surface area contributed by atoms with Crippen LogP contribution in [-0.2, 0) is 0 Å². The molecule has 0 bridgehead atoms. The number of methoxy groups -OCH3 is 2. The van der Waals surface area contributed by atoms with E-state index >= 15 is 0 Å². The second kappa shape index (κ2) is 7.60. The molecule has 0 saturated heterocycles. The largest absolute Gasteiger partial charge is 0.497 e. The van der Waals surface area contributed by atoms with Crippen molar-refractivity contribution in [1.29, 1.82) is 0 Å². The van der Waals surface area contributed by atoms with Gasteiger partial charge in [-0.2, -0.15) is 0 Å². The molecule has 2 heterocycles. The number of nitrogens with zero attached hydrogens (tertiary/aromatic N) is 2. The Morgan fingerprint density at radius 3 is 1.78 bits per heavy atom. The van der Waals surface area contributed by atoms with E-state index in [0.717, 1.165) is 43.8 Å². The molecule has 0 radical (unpaired) electrons. The number of rotatable bonds is 5. The van der Waals surface area contributed by atoms with Crippen LogP contribution in [0.25, 0.3) is 32.3 Å². The van der Waals surface area contributed by atoms with E-state index in [2.05, 4.69) is 17.1 Å². The Bertz CT molecular complexity index is 961. The summed E-state index contributed by atoms with van der Waals surface area (Å²) in [6.45, 7) is 0. The number of benzene rings is 2. The SMILES string of the molecule is COc1ccc(-c2nc(-c3ccncc3)sc2-c2ccc(OC)cc2)cc1. The smallest absolute Gasteiger partial charge is 0.124 e. The molecule has 2 aromatic carbocycles. The maximum atomic E-state index is 5.29. The van der Waals surface area contributed by atoms with E-state index in [1.54, 1.807) is 38.0 Å². The third-order valence-corrected chi connectivity index (χ3v) is 5.42. The van der Waals surface area contributed by atoms with E-state index in [0.29, 0.717) is 0 Å². The molecule has 4 rings (SSSR count). The first-order chi connectivity index (χ1) is 13.3. The van der Waals surface area contributed by atoms with E-state index in [1.807, 2.05) is 48.5 Å². The maximum Gasteiger partial charge on any atom is 0.124 e. The van der Waals surface area contributed by atoms with Crippen LogP contribution in [0.1, 0.15) is 0 Å². The van der Waals surface area contributed by atoms with E-state index < -0.39 is 0 Å². The molecule has 2 aromatic heterocycles. The van der Waals surface area contributed by atoms with E-state index in [1.165, 1.54) is 0 Å². The Labute approximate surface area is 162 Å². The van der Waals surface area contributed by atoms with Crippen LogP contribution in [0.3, 0.4) is 0 Å². The van der Waals surface area contributed by atoms with Gasteiger partial charge in [-0.15, -0.1) is 11.3 Å². The first-order valence-electron chi connectivity index (χ1n) is 8.48. The van der Waals surface area contributed by atoms with Gasteiger partial charge in [-0.05, 0) is 66.2 Å². The van der Waals surface area contributed by atoms with Crippen molar-refractivity contribution < 1.29 is 9.47 Å². The van der Waals surface area contributed by atoms with Crippen molar-refractivity contribution >= 4 is 11.3 Å². The Morgan fingerprint density at radius 1 is 0.667 bits per heavy atom. The predicted molar refractivity (Wildman–Crippen MR) is 109 cm³/mol. The van der Waals surface area contributed by atoms with Crippen molar-refractivity contribution in [2.75, 3.05) is 14.2 Å². The lowest BCUT2D eigenvalue weighted by molar-refractivity contribution is 0.414. The topological polar surface area (TPSA) is 44.2 Å². The number of hydrogen-bond donors (Lipinski definition) is 0. The number of pyridine rings is 1. The van der Waals surface area contributed by atoms with Crippen LogP contribution in [0.2, 0.25) is 0 Å². The summed E-state index contributed by atoms with van der Waals surface area (Å²) in [5, 5.41) is 0.967. The quantitative estimate of drug-likeness (QED) is 0.459. The summed E-state index contributed by atoms with van der Waals surface area (Å²) in [5.41, 5.74) is 4.18. The molecule has 0 atom stereocenters. The van der Waals surface area contributed by atoms with Gasteiger partial charge < -0.3 is 9.47 Å². The Hall–Kier alpha value is -3.18. The van der Waals surface area contributed by atoms with Crippen molar-refractivity contribution in [2.24, 2.45) is 0 Å². The van der Waals surface area contributed by atoms with Gasteiger partial charge >= 0.3 is 0 Å². The molecule has 0 aliphatic rings. The fourth-order valence-corrected chi connectivity index (χ4v) is 3.92.